The molecule has 0 aromatic heterocycles. The summed E-state index contributed by atoms with van der Waals surface area (Å²) in [5, 5.41) is 0. The summed E-state index contributed by atoms with van der Waals surface area (Å²) < 4.78 is 11.4. The van der Waals surface area contributed by atoms with Gasteiger partial charge in [0.15, 0.2) is 0 Å². The lowest BCUT2D eigenvalue weighted by atomic mass is 9.74. The zero-order valence-electron chi connectivity index (χ0n) is 13.3. The Kier molecular flexibility index (Phi) is 6.24. The lowest BCUT2D eigenvalue weighted by molar-refractivity contribution is -0.0822. The SMILES string of the molecule is COC(C)(C)CCC(NN)C1(OC)CCC(C)CC1. The largest absolute Gasteiger partial charge is 0.379 e. The molecule has 0 heterocycles. The highest BCUT2D eigenvalue weighted by molar-refractivity contribution is 4.96. The van der Waals surface area contributed by atoms with Gasteiger partial charge in [0.2, 0.25) is 0 Å². The maximum Gasteiger partial charge on any atom is 0.0844 e. The molecule has 3 N–H and O–H groups in total. The van der Waals surface area contributed by atoms with Crippen molar-refractivity contribution in [1.29, 1.82) is 0 Å². The van der Waals surface area contributed by atoms with Crippen LogP contribution in [0.2, 0.25) is 0 Å². The van der Waals surface area contributed by atoms with Gasteiger partial charge < -0.3 is 9.47 Å². The van der Waals surface area contributed by atoms with Crippen LogP contribution in [-0.4, -0.2) is 31.5 Å². The number of nitrogens with one attached hydrogen (secondary N) is 1. The molecule has 0 amide bonds. The lowest BCUT2D eigenvalue weighted by Gasteiger charge is -2.44. The van der Waals surface area contributed by atoms with Gasteiger partial charge in [-0.2, -0.15) is 0 Å². The Bertz CT molecular complexity index is 261. The van der Waals surface area contributed by atoms with Crippen molar-refractivity contribution in [1.82, 2.24) is 5.43 Å². The van der Waals surface area contributed by atoms with Crippen LogP contribution in [0, 0.1) is 5.92 Å². The first kappa shape index (κ1) is 16.9. The van der Waals surface area contributed by atoms with Crippen molar-refractivity contribution >= 4 is 0 Å². The molecule has 1 unspecified atom stereocenters. The van der Waals surface area contributed by atoms with Crippen molar-refractivity contribution in [2.45, 2.75) is 76.5 Å². The maximum absolute atomic E-state index is 5.90. The average molecular weight is 272 g/mol. The summed E-state index contributed by atoms with van der Waals surface area (Å²) in [4.78, 5) is 0. The molecule has 4 nitrogen and oxygen atoms in total. The second-order valence-corrected chi connectivity index (χ2v) is 6.67. The maximum atomic E-state index is 5.90. The van der Waals surface area contributed by atoms with Crippen molar-refractivity contribution in [2.75, 3.05) is 14.2 Å². The van der Waals surface area contributed by atoms with Gasteiger partial charge in [-0.1, -0.05) is 6.92 Å². The summed E-state index contributed by atoms with van der Waals surface area (Å²) >= 11 is 0. The Labute approximate surface area is 118 Å². The van der Waals surface area contributed by atoms with Crippen molar-refractivity contribution in [3.8, 4) is 0 Å². The van der Waals surface area contributed by atoms with Gasteiger partial charge in [0, 0.05) is 14.2 Å². The summed E-state index contributed by atoms with van der Waals surface area (Å²) in [7, 11) is 3.58. The van der Waals surface area contributed by atoms with Gasteiger partial charge in [0.1, 0.15) is 0 Å². The van der Waals surface area contributed by atoms with Crippen molar-refractivity contribution in [2.24, 2.45) is 11.8 Å². The van der Waals surface area contributed by atoms with Gasteiger partial charge in [0.25, 0.3) is 0 Å². The minimum atomic E-state index is -0.106. The van der Waals surface area contributed by atoms with Gasteiger partial charge in [-0.15, -0.1) is 0 Å². The van der Waals surface area contributed by atoms with Crippen LogP contribution < -0.4 is 11.3 Å². The fraction of sp³-hybridized carbons (Fsp3) is 1.00. The summed E-state index contributed by atoms with van der Waals surface area (Å²) in [6.45, 7) is 6.55. The van der Waals surface area contributed by atoms with Crippen LogP contribution in [0.25, 0.3) is 0 Å². The van der Waals surface area contributed by atoms with Crippen LogP contribution in [0.4, 0.5) is 0 Å². The summed E-state index contributed by atoms with van der Waals surface area (Å²) in [5.41, 5.74) is 2.78. The highest BCUT2D eigenvalue weighted by Crippen LogP contribution is 2.38. The van der Waals surface area contributed by atoms with E-state index in [0.717, 1.165) is 31.6 Å². The van der Waals surface area contributed by atoms with Crippen LogP contribution in [0.15, 0.2) is 0 Å². The van der Waals surface area contributed by atoms with Gasteiger partial charge in [-0.3, -0.25) is 11.3 Å². The smallest absolute Gasteiger partial charge is 0.0844 e. The molecule has 19 heavy (non-hydrogen) atoms. The second-order valence-electron chi connectivity index (χ2n) is 6.67. The molecular formula is C15H32N2O2. The second kappa shape index (κ2) is 7.02. The third-order valence-corrected chi connectivity index (χ3v) is 4.95. The van der Waals surface area contributed by atoms with Crippen LogP contribution in [0.5, 0.6) is 0 Å². The first-order valence-electron chi connectivity index (χ1n) is 7.45. The molecule has 0 aromatic carbocycles. The normalized spacial score (nSPS) is 30.3. The molecule has 0 radical (unpaired) electrons. The van der Waals surface area contributed by atoms with Crippen molar-refractivity contribution in [3.05, 3.63) is 0 Å². The van der Waals surface area contributed by atoms with E-state index in [1.165, 1.54) is 12.8 Å². The third-order valence-electron chi connectivity index (χ3n) is 4.95. The highest BCUT2D eigenvalue weighted by Gasteiger charge is 2.41. The van der Waals surface area contributed by atoms with E-state index in [9.17, 15) is 0 Å². The Morgan fingerprint density at radius 2 is 1.89 bits per heavy atom. The van der Waals surface area contributed by atoms with Gasteiger partial charge in [-0.05, 0) is 58.3 Å². The first-order valence-corrected chi connectivity index (χ1v) is 7.45. The lowest BCUT2D eigenvalue weighted by Crippen LogP contribution is -2.56. The molecule has 0 saturated heterocycles. The minimum Gasteiger partial charge on any atom is -0.379 e. The number of rotatable bonds is 7. The van der Waals surface area contributed by atoms with E-state index >= 15 is 0 Å². The molecule has 114 valence electrons. The fourth-order valence-electron chi connectivity index (χ4n) is 3.04. The molecule has 0 aliphatic heterocycles. The molecule has 1 rings (SSSR count). The first-order chi connectivity index (χ1) is 8.89. The van der Waals surface area contributed by atoms with Crippen molar-refractivity contribution < 1.29 is 9.47 Å². The minimum absolute atomic E-state index is 0.105. The molecule has 1 saturated carbocycles. The fourth-order valence-corrected chi connectivity index (χ4v) is 3.04. The van der Waals surface area contributed by atoms with E-state index in [1.807, 2.05) is 7.11 Å². The topological polar surface area (TPSA) is 56.5 Å². The number of ether oxygens (including phenoxy) is 2. The van der Waals surface area contributed by atoms with E-state index in [4.69, 9.17) is 15.3 Å². The molecule has 4 heteroatoms. The molecule has 1 aliphatic rings. The Morgan fingerprint density at radius 1 is 1.32 bits per heavy atom. The quantitative estimate of drug-likeness (QED) is 0.552. The summed E-state index contributed by atoms with van der Waals surface area (Å²) in [5.74, 6) is 6.60. The van der Waals surface area contributed by atoms with Crippen LogP contribution in [-0.2, 0) is 9.47 Å². The van der Waals surface area contributed by atoms with Gasteiger partial charge in [-0.25, -0.2) is 0 Å². The zero-order valence-corrected chi connectivity index (χ0v) is 13.3. The molecule has 0 aromatic rings. The molecule has 0 spiro atoms. The summed E-state index contributed by atoms with van der Waals surface area (Å²) in [6.07, 6.45) is 6.57. The molecule has 1 aliphatic carbocycles. The van der Waals surface area contributed by atoms with E-state index in [0.29, 0.717) is 0 Å². The van der Waals surface area contributed by atoms with E-state index in [-0.39, 0.29) is 17.2 Å². The number of hydrazine groups is 1. The predicted molar refractivity (Wildman–Crippen MR) is 78.8 cm³/mol. The number of hydrogen-bond acceptors (Lipinski definition) is 4. The number of nitrogens with two attached hydrogens (primary N) is 1. The highest BCUT2D eigenvalue weighted by atomic mass is 16.5. The van der Waals surface area contributed by atoms with Crippen LogP contribution in [0.1, 0.15) is 59.3 Å². The Balaban J connectivity index is 2.65. The average Bonchev–Trinajstić information content (AvgIpc) is 2.41. The third kappa shape index (κ3) is 4.42. The Hall–Kier alpha value is -0.160. The standard InChI is InChI=1S/C15H32N2O2/c1-12-6-10-15(19-5,11-7-12)13(17-16)8-9-14(2,3)18-4/h12-13,17H,6-11,16H2,1-5H3. The molecule has 0 bridgehead atoms. The molecular weight excluding hydrogens is 240 g/mol. The predicted octanol–water partition coefficient (Wildman–Crippen LogP) is 2.62. The summed E-state index contributed by atoms with van der Waals surface area (Å²) in [6, 6.07) is 0.194. The van der Waals surface area contributed by atoms with Gasteiger partial charge in [0.05, 0.1) is 17.2 Å². The Morgan fingerprint density at radius 3 is 2.32 bits per heavy atom. The number of methoxy groups -OCH3 is 2. The van der Waals surface area contributed by atoms with Crippen molar-refractivity contribution in [3.63, 3.8) is 0 Å². The zero-order chi connectivity index (χ0) is 14.5. The molecule has 1 atom stereocenters. The molecule has 1 fully saturated rings. The van der Waals surface area contributed by atoms with E-state index < -0.39 is 0 Å². The van der Waals surface area contributed by atoms with E-state index in [1.54, 1.807) is 7.11 Å². The van der Waals surface area contributed by atoms with Crippen LogP contribution >= 0.6 is 0 Å². The van der Waals surface area contributed by atoms with Gasteiger partial charge >= 0.3 is 0 Å². The van der Waals surface area contributed by atoms with E-state index in [2.05, 4.69) is 26.2 Å². The monoisotopic (exact) mass is 272 g/mol. The van der Waals surface area contributed by atoms with Crippen LogP contribution in [0.3, 0.4) is 0 Å². The number of hydrogen-bond donors (Lipinski definition) is 2.